The molecule has 0 spiro atoms. The van der Waals surface area contributed by atoms with Gasteiger partial charge in [0.05, 0.1) is 38.5 Å². The van der Waals surface area contributed by atoms with E-state index in [9.17, 15) is 4.79 Å². The summed E-state index contributed by atoms with van der Waals surface area (Å²) in [4.78, 5) is 16.4. The van der Waals surface area contributed by atoms with Gasteiger partial charge in [0.25, 0.3) is 5.91 Å². The van der Waals surface area contributed by atoms with Crippen molar-refractivity contribution in [1.29, 1.82) is 0 Å². The summed E-state index contributed by atoms with van der Waals surface area (Å²) >= 11 is 1.65. The second-order valence-electron chi connectivity index (χ2n) is 6.96. The molecule has 0 saturated heterocycles. The highest BCUT2D eigenvalue weighted by Gasteiger charge is 2.20. The number of hydrogen-bond acceptors (Lipinski definition) is 4. The van der Waals surface area contributed by atoms with Crippen molar-refractivity contribution in [2.75, 3.05) is 7.11 Å². The number of rotatable bonds is 8. The van der Waals surface area contributed by atoms with Crippen LogP contribution in [0.25, 0.3) is 0 Å². The number of hydrogen-bond donors (Lipinski definition) is 0. The van der Waals surface area contributed by atoms with E-state index in [0.29, 0.717) is 25.2 Å². The predicted octanol–water partition coefficient (Wildman–Crippen LogP) is 4.84. The first-order chi connectivity index (χ1) is 14.7. The van der Waals surface area contributed by atoms with Crippen molar-refractivity contribution in [3.63, 3.8) is 0 Å². The molecule has 0 aliphatic heterocycles. The van der Waals surface area contributed by atoms with Gasteiger partial charge in [-0.05, 0) is 23.1 Å². The molecule has 0 bridgehead atoms. The molecule has 152 valence electrons. The zero-order valence-corrected chi connectivity index (χ0v) is 17.6. The molecule has 2 aromatic carbocycles. The number of carbonyl (C=O) groups excluding carboxylic acids is 1. The minimum absolute atomic E-state index is 0.0476. The van der Waals surface area contributed by atoms with Gasteiger partial charge in [0.1, 0.15) is 5.75 Å². The molecule has 0 N–H and O–H groups in total. The van der Waals surface area contributed by atoms with Gasteiger partial charge in [0, 0.05) is 16.6 Å². The summed E-state index contributed by atoms with van der Waals surface area (Å²) in [5, 5.41) is 6.43. The van der Waals surface area contributed by atoms with Gasteiger partial charge in [-0.1, -0.05) is 54.6 Å². The molecule has 4 aromatic rings. The number of methoxy groups -OCH3 is 1. The first-order valence-corrected chi connectivity index (χ1v) is 10.6. The van der Waals surface area contributed by atoms with Crippen LogP contribution in [0.5, 0.6) is 5.75 Å². The van der Waals surface area contributed by atoms with Crippen LogP contribution in [-0.2, 0) is 19.6 Å². The van der Waals surface area contributed by atoms with E-state index in [1.165, 1.54) is 0 Å². The smallest absolute Gasteiger partial charge is 0.257 e. The molecule has 0 aliphatic rings. The van der Waals surface area contributed by atoms with Gasteiger partial charge in [-0.2, -0.15) is 5.10 Å². The van der Waals surface area contributed by atoms with Crippen LogP contribution in [0, 0.1) is 0 Å². The van der Waals surface area contributed by atoms with Crippen molar-refractivity contribution in [3.8, 4) is 5.75 Å². The highest BCUT2D eigenvalue weighted by molar-refractivity contribution is 7.09. The Morgan fingerprint density at radius 3 is 2.60 bits per heavy atom. The first kappa shape index (κ1) is 19.9. The van der Waals surface area contributed by atoms with Crippen LogP contribution in [0.2, 0.25) is 0 Å². The van der Waals surface area contributed by atoms with E-state index in [2.05, 4.69) is 5.10 Å². The normalized spacial score (nSPS) is 10.7. The molecule has 0 unspecified atom stereocenters. The van der Waals surface area contributed by atoms with Gasteiger partial charge < -0.3 is 9.64 Å². The molecule has 30 heavy (non-hydrogen) atoms. The lowest BCUT2D eigenvalue weighted by molar-refractivity contribution is 0.0730. The van der Waals surface area contributed by atoms with E-state index < -0.39 is 0 Å². The highest BCUT2D eigenvalue weighted by atomic mass is 32.1. The van der Waals surface area contributed by atoms with E-state index >= 15 is 0 Å². The van der Waals surface area contributed by atoms with Gasteiger partial charge in [-0.3, -0.25) is 9.48 Å². The highest BCUT2D eigenvalue weighted by Crippen LogP contribution is 2.23. The fourth-order valence-electron chi connectivity index (χ4n) is 3.34. The molecule has 4 rings (SSSR count). The van der Waals surface area contributed by atoms with Crippen LogP contribution in [-0.4, -0.2) is 27.7 Å². The number of amides is 1. The monoisotopic (exact) mass is 417 g/mol. The SMILES string of the molecule is COc1ccccc1CN(Cc1cccs1)C(=O)c1cnn(Cc2ccccc2)c1. The van der Waals surface area contributed by atoms with Crippen LogP contribution >= 0.6 is 11.3 Å². The maximum Gasteiger partial charge on any atom is 0.257 e. The second kappa shape index (κ2) is 9.41. The van der Waals surface area contributed by atoms with Crippen LogP contribution in [0.1, 0.15) is 26.4 Å². The minimum Gasteiger partial charge on any atom is -0.496 e. The third-order valence-electron chi connectivity index (χ3n) is 4.84. The second-order valence-corrected chi connectivity index (χ2v) is 8.00. The Hall–Kier alpha value is -3.38. The molecule has 0 atom stereocenters. The number of ether oxygens (including phenoxy) is 1. The van der Waals surface area contributed by atoms with Crippen molar-refractivity contribution in [2.45, 2.75) is 19.6 Å². The maximum atomic E-state index is 13.4. The Bertz CT molecular complexity index is 1090. The summed E-state index contributed by atoms with van der Waals surface area (Å²) < 4.78 is 7.29. The number of para-hydroxylation sites is 1. The summed E-state index contributed by atoms with van der Waals surface area (Å²) in [5.41, 5.74) is 2.70. The Balaban J connectivity index is 1.56. The fraction of sp³-hybridized carbons (Fsp3) is 0.167. The minimum atomic E-state index is -0.0476. The van der Waals surface area contributed by atoms with Crippen molar-refractivity contribution in [2.24, 2.45) is 0 Å². The number of thiophene rings is 1. The Labute approximate surface area is 180 Å². The Kier molecular flexibility index (Phi) is 6.25. The third kappa shape index (κ3) is 4.78. The summed E-state index contributed by atoms with van der Waals surface area (Å²) in [6.45, 7) is 1.63. The first-order valence-electron chi connectivity index (χ1n) is 9.73. The number of carbonyl (C=O) groups is 1. The van der Waals surface area contributed by atoms with Crippen molar-refractivity contribution in [1.82, 2.24) is 14.7 Å². The van der Waals surface area contributed by atoms with Gasteiger partial charge in [0.2, 0.25) is 0 Å². The molecule has 2 heterocycles. The molecule has 1 amide bonds. The van der Waals surface area contributed by atoms with Gasteiger partial charge in [-0.25, -0.2) is 0 Å². The lowest BCUT2D eigenvalue weighted by Gasteiger charge is -2.23. The number of benzene rings is 2. The van der Waals surface area contributed by atoms with Crippen LogP contribution in [0.3, 0.4) is 0 Å². The summed E-state index contributed by atoms with van der Waals surface area (Å²) in [7, 11) is 1.65. The number of aromatic nitrogens is 2. The molecule has 2 aromatic heterocycles. The molecule has 0 radical (unpaired) electrons. The summed E-state index contributed by atoms with van der Waals surface area (Å²) in [6, 6.07) is 21.9. The van der Waals surface area contributed by atoms with Crippen molar-refractivity contribution >= 4 is 17.2 Å². The average molecular weight is 418 g/mol. The maximum absolute atomic E-state index is 13.4. The van der Waals surface area contributed by atoms with Crippen LogP contribution in [0.4, 0.5) is 0 Å². The summed E-state index contributed by atoms with van der Waals surface area (Å²) in [6.07, 6.45) is 3.47. The Morgan fingerprint density at radius 2 is 1.83 bits per heavy atom. The van der Waals surface area contributed by atoms with Crippen molar-refractivity contribution in [3.05, 3.63) is 106 Å². The quantitative estimate of drug-likeness (QED) is 0.412. The molecule has 5 nitrogen and oxygen atoms in total. The van der Waals surface area contributed by atoms with Gasteiger partial charge in [0.15, 0.2) is 0 Å². The molecular weight excluding hydrogens is 394 g/mol. The molecule has 0 fully saturated rings. The molecule has 6 heteroatoms. The topological polar surface area (TPSA) is 47.4 Å². The lowest BCUT2D eigenvalue weighted by atomic mass is 10.1. The third-order valence-corrected chi connectivity index (χ3v) is 5.70. The van der Waals surface area contributed by atoms with E-state index in [0.717, 1.165) is 21.8 Å². The zero-order valence-electron chi connectivity index (χ0n) is 16.8. The fourth-order valence-corrected chi connectivity index (χ4v) is 4.06. The molecule has 0 aliphatic carbocycles. The standard InChI is InChI=1S/C24H23N3O2S/c1-29-23-12-6-5-10-20(23)16-26(18-22-11-7-13-30-22)24(28)21-14-25-27(17-21)15-19-8-3-2-4-9-19/h2-14,17H,15-16,18H2,1H3. The van der Waals surface area contributed by atoms with E-state index in [1.807, 2.05) is 83.2 Å². The van der Waals surface area contributed by atoms with E-state index in [1.54, 1.807) is 29.3 Å². The van der Waals surface area contributed by atoms with Crippen LogP contribution < -0.4 is 4.74 Å². The molecular formula is C24H23N3O2S. The van der Waals surface area contributed by atoms with Gasteiger partial charge in [-0.15, -0.1) is 11.3 Å². The molecule has 0 saturated carbocycles. The van der Waals surface area contributed by atoms with E-state index in [-0.39, 0.29) is 5.91 Å². The number of nitrogens with zero attached hydrogens (tertiary/aromatic N) is 3. The average Bonchev–Trinajstić information content (AvgIpc) is 3.46. The Morgan fingerprint density at radius 1 is 1.03 bits per heavy atom. The predicted molar refractivity (Wildman–Crippen MR) is 119 cm³/mol. The van der Waals surface area contributed by atoms with Gasteiger partial charge >= 0.3 is 0 Å². The van der Waals surface area contributed by atoms with Crippen molar-refractivity contribution < 1.29 is 9.53 Å². The largest absolute Gasteiger partial charge is 0.496 e. The van der Waals surface area contributed by atoms with Crippen LogP contribution in [0.15, 0.2) is 84.5 Å². The summed E-state index contributed by atoms with van der Waals surface area (Å²) in [5.74, 6) is 0.731. The lowest BCUT2D eigenvalue weighted by Crippen LogP contribution is -2.29. The zero-order chi connectivity index (χ0) is 20.8. The van der Waals surface area contributed by atoms with E-state index in [4.69, 9.17) is 4.74 Å².